The Hall–Kier alpha value is -2.12. The molecule has 0 aromatic rings. The third-order valence-corrected chi connectivity index (χ3v) is 17.0. The summed E-state index contributed by atoms with van der Waals surface area (Å²) in [6.45, 7) is 4.34. The van der Waals surface area contributed by atoms with E-state index in [1.807, 2.05) is 6.08 Å². The molecule has 1 rings (SSSR count). The van der Waals surface area contributed by atoms with E-state index in [2.05, 4.69) is 43.5 Å². The first-order valence-electron chi connectivity index (χ1n) is 35.8. The van der Waals surface area contributed by atoms with Crippen LogP contribution in [0.2, 0.25) is 0 Å². The Bertz CT molecular complexity index is 1470. The number of carbonyl (C=O) groups excluding carboxylic acids is 2. The molecule has 0 bridgehead atoms. The summed E-state index contributed by atoms with van der Waals surface area (Å²) in [7, 11) is 0. The second-order valence-electron chi connectivity index (χ2n) is 24.9. The molecule has 0 aromatic carbocycles. The Morgan fingerprint density at radius 3 is 1.19 bits per heavy atom. The molecule has 0 saturated carbocycles. The highest BCUT2D eigenvalue weighted by atomic mass is 16.7. The minimum atomic E-state index is -1.58. The normalized spacial score (nSPS) is 18.3. The van der Waals surface area contributed by atoms with Crippen LogP contribution in [0.4, 0.5) is 0 Å². The lowest BCUT2D eigenvalue weighted by atomic mass is 9.99. The number of carbonyl (C=O) groups is 2. The predicted octanol–water partition coefficient (Wildman–Crippen LogP) is 18.2. The average molecular weight is 1170 g/mol. The Balaban J connectivity index is 1.99. The van der Waals surface area contributed by atoms with Gasteiger partial charge in [0.25, 0.3) is 0 Å². The van der Waals surface area contributed by atoms with E-state index in [4.69, 9.17) is 14.2 Å². The summed E-state index contributed by atoms with van der Waals surface area (Å²) >= 11 is 0. The zero-order chi connectivity index (χ0) is 60.2. The van der Waals surface area contributed by atoms with Gasteiger partial charge in [-0.3, -0.25) is 9.59 Å². The van der Waals surface area contributed by atoms with Gasteiger partial charge < -0.3 is 45.1 Å². The molecule has 0 aliphatic carbocycles. The molecule has 1 amide bonds. The summed E-state index contributed by atoms with van der Waals surface area (Å²) < 4.78 is 16.7. The van der Waals surface area contributed by atoms with Gasteiger partial charge >= 0.3 is 5.97 Å². The van der Waals surface area contributed by atoms with Crippen molar-refractivity contribution < 1.29 is 49.3 Å². The van der Waals surface area contributed by atoms with E-state index in [0.29, 0.717) is 19.4 Å². The predicted molar refractivity (Wildman–Crippen MR) is 347 cm³/mol. The van der Waals surface area contributed by atoms with Crippen molar-refractivity contribution in [3.05, 3.63) is 36.5 Å². The van der Waals surface area contributed by atoms with Crippen LogP contribution < -0.4 is 5.32 Å². The molecule has 0 radical (unpaired) electrons. The number of hydrogen-bond donors (Lipinski definition) is 6. The van der Waals surface area contributed by atoms with Crippen LogP contribution in [0.25, 0.3) is 0 Å². The van der Waals surface area contributed by atoms with Crippen LogP contribution >= 0.6 is 0 Å². The van der Waals surface area contributed by atoms with Gasteiger partial charge in [0.2, 0.25) is 5.91 Å². The maximum absolute atomic E-state index is 13.1. The van der Waals surface area contributed by atoms with Gasteiger partial charge in [0.15, 0.2) is 6.29 Å². The van der Waals surface area contributed by atoms with Gasteiger partial charge in [-0.2, -0.15) is 0 Å². The number of amides is 1. The summed E-state index contributed by atoms with van der Waals surface area (Å²) in [5, 5.41) is 54.5. The van der Waals surface area contributed by atoms with Crippen molar-refractivity contribution in [2.75, 3.05) is 19.8 Å². The smallest absolute Gasteiger partial charge is 0.305 e. The van der Waals surface area contributed by atoms with Crippen molar-refractivity contribution in [3.8, 4) is 0 Å². The standard InChI is InChI=1S/C72H135NO10/c1-3-5-7-9-11-13-15-16-32-35-39-42-46-50-54-58-65(75)64(63-82-72-71(80)70(79)69(78)66(62-74)83-72)73-67(76)59-55-51-47-43-40-36-33-30-28-26-24-22-20-18-17-19-21-23-25-27-29-31-34-37-41-45-49-53-57-61-81-68(77)60-56-52-48-44-38-14-12-10-8-6-4-2/h15-16,39,42,54,58,64-66,69-72,74-75,78-80H,3-14,17-38,40-41,43-53,55-57,59-63H2,1-2H3,(H,73,76)/b16-15+,42-39+,58-54+. The highest BCUT2D eigenvalue weighted by molar-refractivity contribution is 5.76. The molecule has 7 atom stereocenters. The van der Waals surface area contributed by atoms with Crippen LogP contribution in [0.3, 0.4) is 0 Å². The number of allylic oxidation sites excluding steroid dienone is 5. The topological polar surface area (TPSA) is 175 Å². The second kappa shape index (κ2) is 61.5. The number of nitrogens with one attached hydrogen (secondary N) is 1. The van der Waals surface area contributed by atoms with Gasteiger partial charge in [-0.15, -0.1) is 0 Å². The summed E-state index contributed by atoms with van der Waals surface area (Å²) in [4.78, 5) is 25.1. The highest BCUT2D eigenvalue weighted by Gasteiger charge is 2.44. The number of ether oxygens (including phenoxy) is 3. The number of esters is 1. The fourth-order valence-corrected chi connectivity index (χ4v) is 11.4. The molecule has 488 valence electrons. The van der Waals surface area contributed by atoms with E-state index < -0.39 is 49.5 Å². The zero-order valence-corrected chi connectivity index (χ0v) is 54.2. The number of hydrogen-bond acceptors (Lipinski definition) is 10. The molecular weight excluding hydrogens is 1040 g/mol. The molecular formula is C72H135NO10. The fourth-order valence-electron chi connectivity index (χ4n) is 11.4. The Labute approximate surface area is 511 Å². The van der Waals surface area contributed by atoms with E-state index in [9.17, 15) is 35.1 Å². The molecule has 7 unspecified atom stereocenters. The van der Waals surface area contributed by atoms with Crippen molar-refractivity contribution in [1.82, 2.24) is 5.32 Å². The molecule has 0 spiro atoms. The number of aliphatic hydroxyl groups excluding tert-OH is 5. The summed E-state index contributed by atoms with van der Waals surface area (Å²) in [5.41, 5.74) is 0. The number of unbranched alkanes of at least 4 members (excludes halogenated alkanes) is 45. The molecule has 1 heterocycles. The summed E-state index contributed by atoms with van der Waals surface area (Å²) in [6.07, 6.45) is 68.5. The van der Waals surface area contributed by atoms with Gasteiger partial charge in [-0.05, 0) is 57.8 Å². The quantitative estimate of drug-likeness (QED) is 0.0195. The molecule has 83 heavy (non-hydrogen) atoms. The van der Waals surface area contributed by atoms with E-state index in [0.717, 1.165) is 64.2 Å². The van der Waals surface area contributed by atoms with E-state index in [1.165, 1.54) is 257 Å². The van der Waals surface area contributed by atoms with Crippen LogP contribution in [0.1, 0.15) is 348 Å². The molecule has 1 fully saturated rings. The number of aliphatic hydroxyl groups is 5. The Morgan fingerprint density at radius 2 is 0.783 bits per heavy atom. The highest BCUT2D eigenvalue weighted by Crippen LogP contribution is 2.23. The Kier molecular flexibility index (Phi) is 58.5. The monoisotopic (exact) mass is 1170 g/mol. The lowest BCUT2D eigenvalue weighted by Crippen LogP contribution is -2.60. The van der Waals surface area contributed by atoms with Crippen molar-refractivity contribution in [2.45, 2.75) is 391 Å². The molecule has 1 saturated heterocycles. The van der Waals surface area contributed by atoms with E-state index >= 15 is 0 Å². The lowest BCUT2D eigenvalue weighted by Gasteiger charge is -2.40. The van der Waals surface area contributed by atoms with Crippen LogP contribution in [-0.4, -0.2) is 100 Å². The first-order chi connectivity index (χ1) is 40.7. The molecule has 6 N–H and O–H groups in total. The summed E-state index contributed by atoms with van der Waals surface area (Å²) in [5.74, 6) is -0.181. The Morgan fingerprint density at radius 1 is 0.434 bits per heavy atom. The third-order valence-electron chi connectivity index (χ3n) is 17.0. The van der Waals surface area contributed by atoms with E-state index in [-0.39, 0.29) is 18.5 Å². The molecule has 11 heteroatoms. The minimum Gasteiger partial charge on any atom is -0.466 e. The third kappa shape index (κ3) is 50.6. The summed E-state index contributed by atoms with van der Waals surface area (Å²) in [6, 6.07) is -0.832. The molecule has 11 nitrogen and oxygen atoms in total. The fraction of sp³-hybridized carbons (Fsp3) is 0.889. The van der Waals surface area contributed by atoms with Crippen LogP contribution in [0.15, 0.2) is 36.5 Å². The van der Waals surface area contributed by atoms with Gasteiger partial charge in [-0.25, -0.2) is 0 Å². The average Bonchev–Trinajstić information content (AvgIpc) is 3.51. The van der Waals surface area contributed by atoms with Gasteiger partial charge in [0.05, 0.1) is 32.0 Å². The van der Waals surface area contributed by atoms with Gasteiger partial charge in [0.1, 0.15) is 24.4 Å². The maximum Gasteiger partial charge on any atom is 0.305 e. The number of rotatable bonds is 63. The maximum atomic E-state index is 13.1. The van der Waals surface area contributed by atoms with Gasteiger partial charge in [-0.1, -0.05) is 314 Å². The van der Waals surface area contributed by atoms with Crippen molar-refractivity contribution in [3.63, 3.8) is 0 Å². The second-order valence-corrected chi connectivity index (χ2v) is 24.9. The largest absolute Gasteiger partial charge is 0.466 e. The molecule has 1 aliphatic heterocycles. The zero-order valence-electron chi connectivity index (χ0n) is 54.2. The first-order valence-corrected chi connectivity index (χ1v) is 35.8. The molecule has 0 aromatic heterocycles. The van der Waals surface area contributed by atoms with Crippen molar-refractivity contribution in [1.29, 1.82) is 0 Å². The molecule has 1 aliphatic rings. The lowest BCUT2D eigenvalue weighted by molar-refractivity contribution is -0.302. The van der Waals surface area contributed by atoms with Crippen molar-refractivity contribution in [2.24, 2.45) is 0 Å². The van der Waals surface area contributed by atoms with Crippen LogP contribution in [0.5, 0.6) is 0 Å². The minimum absolute atomic E-state index is 0.0104. The van der Waals surface area contributed by atoms with Gasteiger partial charge in [0, 0.05) is 12.8 Å². The van der Waals surface area contributed by atoms with Crippen LogP contribution in [0, 0.1) is 0 Å². The van der Waals surface area contributed by atoms with Crippen LogP contribution in [-0.2, 0) is 23.8 Å². The van der Waals surface area contributed by atoms with E-state index in [1.54, 1.807) is 6.08 Å². The first kappa shape index (κ1) is 78.9. The van der Waals surface area contributed by atoms with Crippen molar-refractivity contribution >= 4 is 11.9 Å². The SMILES string of the molecule is CCCCCCC/C=C/CC/C=C/CC/C=C/C(O)C(COC1OC(CO)C(O)C(O)C1O)NC(=O)CCCCCCCCCCCCCCCCCCCCCCCCCCCCCCCOC(=O)CCCCCCCCCCCCC.